The van der Waals surface area contributed by atoms with Crippen LogP contribution >= 0.6 is 0 Å². The maximum absolute atomic E-state index is 13.4. The number of methoxy groups -OCH3 is 1. The Morgan fingerprint density at radius 2 is 1.59 bits per heavy atom. The highest BCUT2D eigenvalue weighted by atomic mass is 16.5. The SMILES string of the molecule is COc1cccc(-n2c(=O)[nH]c(O)c(C=CC(=CC=C3C(=O)NC(=O)N(c4cccc(C(N)=O)c4)C3=O)c3ccccc3)c2=O)c1. The summed E-state index contributed by atoms with van der Waals surface area (Å²) < 4.78 is 6.02. The van der Waals surface area contributed by atoms with Crippen molar-refractivity contribution in [1.29, 1.82) is 0 Å². The molecule has 4 aromatic rings. The van der Waals surface area contributed by atoms with Crippen molar-refractivity contribution in [3.8, 4) is 17.3 Å². The Kier molecular flexibility index (Phi) is 8.57. The smallest absolute Gasteiger partial charge is 0.335 e. The number of anilines is 1. The Morgan fingerprint density at radius 3 is 2.30 bits per heavy atom. The number of carbonyl (C=O) groups excluding carboxylic acids is 4. The van der Waals surface area contributed by atoms with Crippen molar-refractivity contribution in [3.05, 3.63) is 140 Å². The number of imide groups is 2. The Morgan fingerprint density at radius 1 is 0.891 bits per heavy atom. The monoisotopic (exact) mass is 619 g/mol. The van der Waals surface area contributed by atoms with Crippen LogP contribution in [0.4, 0.5) is 10.5 Å². The number of nitrogens with two attached hydrogens (primary N) is 1. The highest BCUT2D eigenvalue weighted by Gasteiger charge is 2.36. The third kappa shape index (κ3) is 6.14. The van der Waals surface area contributed by atoms with E-state index in [4.69, 9.17) is 10.5 Å². The summed E-state index contributed by atoms with van der Waals surface area (Å²) in [6.07, 6.45) is 5.33. The summed E-state index contributed by atoms with van der Waals surface area (Å²) in [5.41, 5.74) is 4.21. The first-order valence-electron chi connectivity index (χ1n) is 13.6. The first-order valence-corrected chi connectivity index (χ1v) is 13.6. The second kappa shape index (κ2) is 12.9. The number of aromatic amines is 1. The highest BCUT2D eigenvalue weighted by Crippen LogP contribution is 2.24. The van der Waals surface area contributed by atoms with Crippen LogP contribution in [0.15, 0.2) is 112 Å². The number of H-pyrrole nitrogens is 1. The third-order valence-electron chi connectivity index (χ3n) is 6.89. The topological polar surface area (TPSA) is 194 Å². The van der Waals surface area contributed by atoms with Gasteiger partial charge in [0.1, 0.15) is 16.9 Å². The van der Waals surface area contributed by atoms with Crippen LogP contribution in [0.2, 0.25) is 0 Å². The van der Waals surface area contributed by atoms with E-state index in [1.165, 1.54) is 67.8 Å². The van der Waals surface area contributed by atoms with E-state index in [1.54, 1.807) is 42.5 Å². The Labute approximate surface area is 260 Å². The molecule has 2 heterocycles. The number of nitrogens with one attached hydrogen (secondary N) is 2. The molecule has 13 heteroatoms. The van der Waals surface area contributed by atoms with Gasteiger partial charge in [0.15, 0.2) is 0 Å². The van der Waals surface area contributed by atoms with Crippen LogP contribution < -0.4 is 31.9 Å². The average molecular weight is 620 g/mol. The largest absolute Gasteiger partial charge is 0.497 e. The number of nitrogens with zero attached hydrogens (tertiary/aromatic N) is 2. The molecule has 0 bridgehead atoms. The second-order valence-electron chi connectivity index (χ2n) is 9.75. The standard InChI is InChI=1S/C33H25N5O8/c1-46-24-12-6-11-23(18-24)38-31(43)26(29(41)36-33(38)45)16-14-20(19-7-3-2-4-8-19)13-15-25-28(40)35-32(44)37(30(25)42)22-10-5-9-21(17-22)27(34)39/h2-18,41H,1H3,(H2,34,39)(H,36,45)(H,35,40,44). The molecule has 1 aliphatic heterocycles. The minimum atomic E-state index is -1.01. The average Bonchev–Trinajstić information content (AvgIpc) is 3.03. The van der Waals surface area contributed by atoms with Crippen LogP contribution in [0.3, 0.4) is 0 Å². The van der Waals surface area contributed by atoms with Gasteiger partial charge < -0.3 is 15.6 Å². The number of carbonyl (C=O) groups is 4. The lowest BCUT2D eigenvalue weighted by molar-refractivity contribution is -0.122. The van der Waals surface area contributed by atoms with Crippen molar-refractivity contribution in [2.75, 3.05) is 12.0 Å². The van der Waals surface area contributed by atoms with Crippen LogP contribution in [0.25, 0.3) is 17.3 Å². The van der Waals surface area contributed by atoms with Gasteiger partial charge in [-0.1, -0.05) is 54.6 Å². The third-order valence-corrected chi connectivity index (χ3v) is 6.89. The van der Waals surface area contributed by atoms with E-state index >= 15 is 0 Å². The number of urea groups is 1. The summed E-state index contributed by atoms with van der Waals surface area (Å²) in [6, 6.07) is 19.4. The maximum Gasteiger partial charge on any atom is 0.335 e. The molecule has 0 spiro atoms. The van der Waals surface area contributed by atoms with Crippen molar-refractivity contribution in [2.45, 2.75) is 0 Å². The summed E-state index contributed by atoms with van der Waals surface area (Å²) in [5, 5.41) is 12.6. The minimum absolute atomic E-state index is 0.0187. The number of hydrogen-bond acceptors (Lipinski definition) is 8. The first kappa shape index (κ1) is 30.7. The van der Waals surface area contributed by atoms with E-state index in [0.717, 1.165) is 4.57 Å². The van der Waals surface area contributed by atoms with Crippen molar-refractivity contribution in [1.82, 2.24) is 14.9 Å². The molecule has 5 N–H and O–H groups in total. The van der Waals surface area contributed by atoms with Crippen LogP contribution in [0.1, 0.15) is 21.5 Å². The molecule has 1 aromatic heterocycles. The lowest BCUT2D eigenvalue weighted by Crippen LogP contribution is -2.54. The molecular formula is C33H25N5O8. The van der Waals surface area contributed by atoms with Crippen LogP contribution in [-0.2, 0) is 9.59 Å². The lowest BCUT2D eigenvalue weighted by atomic mass is 10.0. The number of amides is 5. The van der Waals surface area contributed by atoms with Crippen LogP contribution in [-0.4, -0.2) is 45.5 Å². The van der Waals surface area contributed by atoms with E-state index in [-0.39, 0.29) is 22.5 Å². The molecule has 230 valence electrons. The first-order chi connectivity index (χ1) is 22.1. The molecule has 1 fully saturated rings. The number of allylic oxidation sites excluding steroid dienone is 4. The molecule has 5 rings (SSSR count). The number of primary amides is 1. The van der Waals surface area contributed by atoms with Gasteiger partial charge in [-0.15, -0.1) is 0 Å². The summed E-state index contributed by atoms with van der Waals surface area (Å²) in [7, 11) is 1.44. The zero-order valence-electron chi connectivity index (χ0n) is 24.1. The molecule has 1 saturated heterocycles. The summed E-state index contributed by atoms with van der Waals surface area (Å²) in [6.45, 7) is 0. The molecular weight excluding hydrogens is 594 g/mol. The molecule has 0 atom stereocenters. The minimum Gasteiger partial charge on any atom is -0.497 e. The Bertz CT molecular complexity index is 2110. The Hall–Kier alpha value is -6.76. The molecule has 46 heavy (non-hydrogen) atoms. The zero-order chi connectivity index (χ0) is 33.0. The normalized spacial score (nSPS) is 14.5. The summed E-state index contributed by atoms with van der Waals surface area (Å²) in [5.74, 6) is -2.96. The zero-order valence-corrected chi connectivity index (χ0v) is 24.1. The van der Waals surface area contributed by atoms with Gasteiger partial charge in [0.05, 0.1) is 18.5 Å². The summed E-state index contributed by atoms with van der Waals surface area (Å²) in [4.78, 5) is 79.4. The van der Waals surface area contributed by atoms with Crippen molar-refractivity contribution < 1.29 is 29.0 Å². The molecule has 1 aliphatic rings. The number of aromatic nitrogens is 2. The number of rotatable bonds is 8. The van der Waals surface area contributed by atoms with Crippen molar-refractivity contribution in [3.63, 3.8) is 0 Å². The quantitative estimate of drug-likeness (QED) is 0.131. The number of aromatic hydroxyl groups is 1. The van der Waals surface area contributed by atoms with Crippen molar-refractivity contribution in [2.24, 2.45) is 5.73 Å². The number of hydrogen-bond donors (Lipinski definition) is 4. The molecule has 0 radical (unpaired) electrons. The van der Waals surface area contributed by atoms with Gasteiger partial charge in [0, 0.05) is 11.6 Å². The molecule has 0 aliphatic carbocycles. The van der Waals surface area contributed by atoms with Gasteiger partial charge in [0.2, 0.25) is 11.8 Å². The van der Waals surface area contributed by atoms with Crippen LogP contribution in [0, 0.1) is 0 Å². The van der Waals surface area contributed by atoms with Crippen molar-refractivity contribution >= 4 is 41.1 Å². The maximum atomic E-state index is 13.4. The second-order valence-corrected chi connectivity index (χ2v) is 9.75. The lowest BCUT2D eigenvalue weighted by Gasteiger charge is -2.26. The van der Waals surface area contributed by atoms with Gasteiger partial charge in [0.25, 0.3) is 17.4 Å². The van der Waals surface area contributed by atoms with E-state index in [1.807, 2.05) is 0 Å². The van der Waals surface area contributed by atoms with E-state index in [0.29, 0.717) is 21.8 Å². The van der Waals surface area contributed by atoms with Gasteiger partial charge in [-0.25, -0.2) is 19.1 Å². The van der Waals surface area contributed by atoms with Gasteiger partial charge in [-0.05, 0) is 53.6 Å². The fraction of sp³-hybridized carbons (Fsp3) is 0.0303. The highest BCUT2D eigenvalue weighted by molar-refractivity contribution is 6.37. The fourth-order valence-electron chi connectivity index (χ4n) is 4.61. The molecule has 13 nitrogen and oxygen atoms in total. The van der Waals surface area contributed by atoms with Crippen LogP contribution in [0.5, 0.6) is 11.6 Å². The molecule has 0 saturated carbocycles. The van der Waals surface area contributed by atoms with E-state index < -0.39 is 46.5 Å². The van der Waals surface area contributed by atoms with Gasteiger partial charge in [-0.3, -0.25) is 29.5 Å². The predicted octanol–water partition coefficient (Wildman–Crippen LogP) is 2.65. The van der Waals surface area contributed by atoms with E-state index in [2.05, 4.69) is 10.3 Å². The molecule has 5 amide bonds. The number of benzene rings is 3. The number of barbiturate groups is 1. The van der Waals surface area contributed by atoms with E-state index in [9.17, 15) is 33.9 Å². The van der Waals surface area contributed by atoms with Gasteiger partial charge in [-0.2, -0.15) is 0 Å². The molecule has 0 unspecified atom stereocenters. The molecule has 3 aromatic carbocycles. The van der Waals surface area contributed by atoms with Gasteiger partial charge >= 0.3 is 11.7 Å². The number of ether oxygens (including phenoxy) is 1. The predicted molar refractivity (Wildman–Crippen MR) is 168 cm³/mol. The fourth-order valence-corrected chi connectivity index (χ4v) is 4.61. The summed E-state index contributed by atoms with van der Waals surface area (Å²) >= 11 is 0. The Balaban J connectivity index is 1.57.